The van der Waals surface area contributed by atoms with Crippen molar-refractivity contribution in [1.82, 2.24) is 19.8 Å². The van der Waals surface area contributed by atoms with E-state index in [1.54, 1.807) is 60.4 Å². The Morgan fingerprint density at radius 1 is 1.12 bits per heavy atom. The predicted octanol–water partition coefficient (Wildman–Crippen LogP) is 2.88. The van der Waals surface area contributed by atoms with Crippen molar-refractivity contribution < 1.29 is 19.1 Å². The fourth-order valence-corrected chi connectivity index (χ4v) is 3.44. The number of nitrogens with zero attached hydrogens (tertiary/aromatic N) is 3. The first-order chi connectivity index (χ1) is 15.9. The molecule has 2 aromatic carbocycles. The first-order valence-electron chi connectivity index (χ1n) is 10.2. The van der Waals surface area contributed by atoms with E-state index in [4.69, 9.17) is 0 Å². The molecule has 0 spiro atoms. The Balaban J connectivity index is 1.50. The molecular weight excluding hydrogens is 425 g/mol. The van der Waals surface area contributed by atoms with Gasteiger partial charge in [-0.3, -0.25) is 0 Å². The van der Waals surface area contributed by atoms with Gasteiger partial charge < -0.3 is 15.7 Å². The first kappa shape index (κ1) is 21.7. The minimum Gasteiger partial charge on any atom is -0.476 e. The Morgan fingerprint density at radius 2 is 1.85 bits per heavy atom. The number of carboxylic acids is 1. The van der Waals surface area contributed by atoms with Crippen LogP contribution >= 0.6 is 0 Å². The lowest BCUT2D eigenvalue weighted by molar-refractivity contribution is 0.0689. The highest BCUT2D eigenvalue weighted by Crippen LogP contribution is 2.23. The van der Waals surface area contributed by atoms with Crippen LogP contribution in [-0.4, -0.2) is 45.9 Å². The topological polar surface area (TPSA) is 110 Å². The Labute approximate surface area is 188 Å². The van der Waals surface area contributed by atoms with Gasteiger partial charge >= 0.3 is 12.0 Å². The molecule has 0 unspecified atom stereocenters. The third-order valence-corrected chi connectivity index (χ3v) is 5.17. The van der Waals surface area contributed by atoms with Crippen LogP contribution in [0.1, 0.15) is 27.3 Å². The van der Waals surface area contributed by atoms with Crippen molar-refractivity contribution in [2.24, 2.45) is 0 Å². The number of aromatic nitrogens is 2. The number of urea groups is 1. The van der Waals surface area contributed by atoms with Crippen LogP contribution in [0.15, 0.2) is 60.2 Å². The molecule has 33 heavy (non-hydrogen) atoms. The maximum atomic E-state index is 13.2. The average molecular weight is 446 g/mol. The number of halogens is 1. The van der Waals surface area contributed by atoms with E-state index in [1.165, 1.54) is 12.1 Å². The molecule has 9 heteroatoms. The minimum atomic E-state index is -1.14. The number of allylic oxidation sites excluding steroid dienone is 1. The molecule has 0 fully saturated rings. The Bertz CT molecular complexity index is 1300. The summed E-state index contributed by atoms with van der Waals surface area (Å²) in [6.07, 6.45) is 5.46. The Morgan fingerprint density at radius 3 is 2.48 bits per heavy atom. The molecule has 0 saturated carbocycles. The lowest BCUT2D eigenvalue weighted by atomic mass is 10.0. The SMILES string of the molecule is Cc1c(Cc2ccc(F)cc2)c(C(=O)O)nn1-c1ccc(NC(=O)NCC2=CC=[N+]=C2)cc1. The van der Waals surface area contributed by atoms with E-state index in [-0.39, 0.29) is 17.5 Å². The van der Waals surface area contributed by atoms with Crippen molar-refractivity contribution in [2.45, 2.75) is 13.3 Å². The molecule has 8 nitrogen and oxygen atoms in total. The van der Waals surface area contributed by atoms with Crippen LogP contribution in [0, 0.1) is 12.7 Å². The number of hydrogen-bond acceptors (Lipinski definition) is 3. The van der Waals surface area contributed by atoms with Crippen molar-refractivity contribution in [3.8, 4) is 5.69 Å². The van der Waals surface area contributed by atoms with E-state index in [2.05, 4.69) is 20.4 Å². The molecule has 1 aliphatic heterocycles. The van der Waals surface area contributed by atoms with Gasteiger partial charge in [-0.05, 0) is 48.9 Å². The second-order valence-electron chi connectivity index (χ2n) is 7.46. The summed E-state index contributed by atoms with van der Waals surface area (Å²) in [6, 6.07) is 12.5. The number of carbonyl (C=O) groups is 2. The van der Waals surface area contributed by atoms with Crippen LogP contribution in [0.3, 0.4) is 0 Å². The molecule has 0 radical (unpaired) electrons. The highest BCUT2D eigenvalue weighted by molar-refractivity contribution is 5.95. The first-order valence-corrected chi connectivity index (χ1v) is 10.2. The second-order valence-corrected chi connectivity index (χ2v) is 7.46. The molecule has 3 aromatic rings. The van der Waals surface area contributed by atoms with Crippen LogP contribution in [0.25, 0.3) is 5.69 Å². The van der Waals surface area contributed by atoms with E-state index in [0.29, 0.717) is 35.6 Å². The molecular formula is C24H21FN5O3+. The molecule has 0 atom stereocenters. The maximum absolute atomic E-state index is 13.2. The second kappa shape index (κ2) is 9.33. The minimum absolute atomic E-state index is 0.0552. The molecule has 3 N–H and O–H groups in total. The number of benzene rings is 2. The largest absolute Gasteiger partial charge is 0.476 e. The summed E-state index contributed by atoms with van der Waals surface area (Å²) in [6.45, 7) is 2.15. The molecule has 4 rings (SSSR count). The standard InChI is InChI=1S/C24H20FN5O3/c1-15-21(12-16-2-4-18(25)5-3-16)22(23(31)32)29-30(15)20-8-6-19(7-9-20)28-24(33)27-14-17-10-11-26-13-17/h2-11,13H,12,14H2,1H3,(H2-,27,28,31,32,33)/p+1. The summed E-state index contributed by atoms with van der Waals surface area (Å²) >= 11 is 0. The summed E-state index contributed by atoms with van der Waals surface area (Å²) in [5.74, 6) is -1.49. The van der Waals surface area contributed by atoms with Crippen molar-refractivity contribution in [3.05, 3.63) is 88.5 Å². The van der Waals surface area contributed by atoms with E-state index >= 15 is 0 Å². The van der Waals surface area contributed by atoms with Gasteiger partial charge in [-0.2, -0.15) is 5.10 Å². The van der Waals surface area contributed by atoms with Gasteiger partial charge in [0.1, 0.15) is 5.82 Å². The third-order valence-electron chi connectivity index (χ3n) is 5.17. The number of rotatable bonds is 7. The Hall–Kier alpha value is -4.49. The van der Waals surface area contributed by atoms with Gasteiger partial charge in [-0.15, -0.1) is 4.67 Å². The van der Waals surface area contributed by atoms with Gasteiger partial charge in [-0.1, -0.05) is 12.1 Å². The molecule has 1 aromatic heterocycles. The van der Waals surface area contributed by atoms with Gasteiger partial charge in [0.25, 0.3) is 12.4 Å². The van der Waals surface area contributed by atoms with Gasteiger partial charge in [0.05, 0.1) is 17.8 Å². The molecule has 2 amide bonds. The van der Waals surface area contributed by atoms with Crippen LogP contribution in [0.2, 0.25) is 0 Å². The normalized spacial score (nSPS) is 12.0. The van der Waals surface area contributed by atoms with Gasteiger partial charge in [0, 0.05) is 29.4 Å². The van der Waals surface area contributed by atoms with Crippen LogP contribution in [-0.2, 0) is 6.42 Å². The van der Waals surface area contributed by atoms with E-state index in [9.17, 15) is 19.1 Å². The highest BCUT2D eigenvalue weighted by Gasteiger charge is 2.21. The number of amides is 2. The number of hydrogen-bond donors (Lipinski definition) is 3. The van der Waals surface area contributed by atoms with Crippen LogP contribution in [0.4, 0.5) is 14.9 Å². The smallest absolute Gasteiger partial charge is 0.356 e. The van der Waals surface area contributed by atoms with Crippen molar-refractivity contribution in [1.29, 1.82) is 0 Å². The summed E-state index contributed by atoms with van der Waals surface area (Å²) in [7, 11) is 0. The number of nitrogens with one attached hydrogen (secondary N) is 2. The van der Waals surface area contributed by atoms with Crippen molar-refractivity contribution in [3.63, 3.8) is 0 Å². The molecule has 2 heterocycles. The molecule has 0 aliphatic carbocycles. The molecule has 166 valence electrons. The number of aromatic carboxylic acids is 1. The molecule has 1 aliphatic rings. The fourth-order valence-electron chi connectivity index (χ4n) is 3.44. The zero-order valence-electron chi connectivity index (χ0n) is 17.7. The summed E-state index contributed by atoms with van der Waals surface area (Å²) in [5, 5.41) is 19.4. The monoisotopic (exact) mass is 446 g/mol. The van der Waals surface area contributed by atoms with Gasteiger partial charge in [0.2, 0.25) is 0 Å². The van der Waals surface area contributed by atoms with Gasteiger partial charge in [0.15, 0.2) is 5.69 Å². The zero-order chi connectivity index (χ0) is 23.4. The number of carbonyl (C=O) groups excluding carboxylic acids is 1. The predicted molar refractivity (Wildman–Crippen MR) is 124 cm³/mol. The van der Waals surface area contributed by atoms with Crippen molar-refractivity contribution in [2.75, 3.05) is 11.9 Å². The number of anilines is 1. The lowest BCUT2D eigenvalue weighted by Crippen LogP contribution is -2.30. The van der Waals surface area contributed by atoms with E-state index in [1.807, 2.05) is 6.08 Å². The maximum Gasteiger partial charge on any atom is 0.356 e. The summed E-state index contributed by atoms with van der Waals surface area (Å²) in [5.41, 5.74) is 4.07. The average Bonchev–Trinajstić information content (AvgIpc) is 3.43. The molecule has 0 bridgehead atoms. The van der Waals surface area contributed by atoms with Crippen LogP contribution in [0.5, 0.6) is 0 Å². The quantitative estimate of drug-likeness (QED) is 0.485. The number of carboxylic acid groups (broad SMARTS) is 1. The molecule has 0 saturated heterocycles. The van der Waals surface area contributed by atoms with Crippen LogP contribution < -0.4 is 15.3 Å². The Kier molecular flexibility index (Phi) is 6.15. The highest BCUT2D eigenvalue weighted by atomic mass is 19.1. The fraction of sp³-hybridized carbons (Fsp3) is 0.125. The summed E-state index contributed by atoms with van der Waals surface area (Å²) < 4.78 is 18.7. The van der Waals surface area contributed by atoms with E-state index < -0.39 is 5.97 Å². The third kappa shape index (κ3) is 5.06. The van der Waals surface area contributed by atoms with Gasteiger partial charge in [-0.25, -0.2) is 18.7 Å². The van der Waals surface area contributed by atoms with Crippen molar-refractivity contribution >= 4 is 30.1 Å². The van der Waals surface area contributed by atoms with E-state index in [0.717, 1.165) is 11.1 Å². The lowest BCUT2D eigenvalue weighted by Gasteiger charge is -2.09. The summed E-state index contributed by atoms with van der Waals surface area (Å²) in [4.78, 5) is 23.9. The zero-order valence-corrected chi connectivity index (χ0v) is 17.7.